The summed E-state index contributed by atoms with van der Waals surface area (Å²) in [5, 5.41) is 0. The van der Waals surface area contributed by atoms with Gasteiger partial charge in [0.2, 0.25) is 0 Å². The minimum atomic E-state index is -0.472. The van der Waals surface area contributed by atoms with E-state index in [9.17, 15) is 8.78 Å². The predicted octanol–water partition coefficient (Wildman–Crippen LogP) is 8.39. The van der Waals surface area contributed by atoms with E-state index >= 15 is 0 Å². The molecule has 29 heavy (non-hydrogen) atoms. The minimum absolute atomic E-state index is 0.0264. The Bertz CT molecular complexity index is 672. The molecule has 2 aliphatic carbocycles. The van der Waals surface area contributed by atoms with Crippen molar-refractivity contribution in [3.8, 4) is 11.8 Å². The molecule has 0 amide bonds. The Balaban J connectivity index is 1.59. The average Bonchev–Trinajstić information content (AvgIpc) is 2.73. The Kier molecular flexibility index (Phi) is 8.58. The molecule has 1 aromatic rings. The summed E-state index contributed by atoms with van der Waals surface area (Å²) in [6.45, 7) is 4.47. The largest absolute Gasteiger partial charge is 0.206 e. The highest BCUT2D eigenvalue weighted by Gasteiger charge is 2.24. The fourth-order valence-electron chi connectivity index (χ4n) is 5.40. The first-order valence-electron chi connectivity index (χ1n) is 12.1. The molecule has 2 fully saturated rings. The van der Waals surface area contributed by atoms with E-state index in [1.54, 1.807) is 12.1 Å². The predicted molar refractivity (Wildman–Crippen MR) is 118 cm³/mol. The Morgan fingerprint density at radius 2 is 1.38 bits per heavy atom. The molecule has 0 spiro atoms. The van der Waals surface area contributed by atoms with Crippen LogP contribution in [0.2, 0.25) is 0 Å². The Morgan fingerprint density at radius 1 is 0.793 bits per heavy atom. The molecule has 0 atom stereocenters. The van der Waals surface area contributed by atoms with Gasteiger partial charge in [0.15, 0.2) is 0 Å². The number of rotatable bonds is 6. The van der Waals surface area contributed by atoms with Crippen molar-refractivity contribution < 1.29 is 8.78 Å². The van der Waals surface area contributed by atoms with Crippen LogP contribution < -0.4 is 0 Å². The van der Waals surface area contributed by atoms with E-state index in [0.717, 1.165) is 43.1 Å². The number of unbranched alkanes of at least 4 members (excludes halogenated alkanes) is 1. The number of hydrogen-bond acceptors (Lipinski definition) is 0. The lowest BCUT2D eigenvalue weighted by Gasteiger charge is -2.28. The van der Waals surface area contributed by atoms with Gasteiger partial charge >= 0.3 is 0 Å². The minimum Gasteiger partial charge on any atom is -0.206 e. The summed E-state index contributed by atoms with van der Waals surface area (Å²) < 4.78 is 29.4. The third-order valence-corrected chi connectivity index (χ3v) is 7.29. The van der Waals surface area contributed by atoms with Crippen LogP contribution in [0.4, 0.5) is 8.78 Å². The quantitative estimate of drug-likeness (QED) is 0.421. The summed E-state index contributed by atoms with van der Waals surface area (Å²) in [5.74, 6) is 7.32. The van der Waals surface area contributed by atoms with Crippen LogP contribution in [-0.4, -0.2) is 0 Å². The van der Waals surface area contributed by atoms with Crippen LogP contribution in [0.3, 0.4) is 0 Å². The fourth-order valence-corrected chi connectivity index (χ4v) is 5.40. The van der Waals surface area contributed by atoms with Crippen LogP contribution in [0.5, 0.6) is 0 Å². The zero-order valence-electron chi connectivity index (χ0n) is 18.4. The summed E-state index contributed by atoms with van der Waals surface area (Å²) >= 11 is 0. The van der Waals surface area contributed by atoms with Gasteiger partial charge in [0.25, 0.3) is 0 Å². The van der Waals surface area contributed by atoms with Crippen LogP contribution in [0.1, 0.15) is 114 Å². The Labute approximate surface area is 176 Å². The normalized spacial score (nSPS) is 27.3. The first kappa shape index (κ1) is 22.3. The SMILES string of the molecule is CCCCC1CCC(C#Cc2c(F)cc(C3CCC(CCC)CC3)cc2F)CC1. The van der Waals surface area contributed by atoms with Crippen molar-refractivity contribution in [2.45, 2.75) is 103 Å². The second kappa shape index (κ2) is 11.1. The average molecular weight is 401 g/mol. The molecule has 3 rings (SSSR count). The highest BCUT2D eigenvalue weighted by molar-refractivity contribution is 5.40. The lowest BCUT2D eigenvalue weighted by molar-refractivity contribution is 0.296. The summed E-state index contributed by atoms with van der Waals surface area (Å²) in [4.78, 5) is 0. The smallest absolute Gasteiger partial charge is 0.142 e. The van der Waals surface area contributed by atoms with Crippen LogP contribution in [-0.2, 0) is 0 Å². The van der Waals surface area contributed by atoms with Gasteiger partial charge in [-0.3, -0.25) is 0 Å². The first-order chi connectivity index (χ1) is 14.1. The molecule has 0 saturated heterocycles. The van der Waals surface area contributed by atoms with E-state index in [1.807, 2.05) is 0 Å². The maximum atomic E-state index is 14.7. The molecule has 2 aliphatic rings. The van der Waals surface area contributed by atoms with Gasteiger partial charge in [-0.25, -0.2) is 8.78 Å². The molecule has 0 aromatic heterocycles. The fraction of sp³-hybridized carbons (Fsp3) is 0.704. The maximum Gasteiger partial charge on any atom is 0.142 e. The topological polar surface area (TPSA) is 0 Å². The highest BCUT2D eigenvalue weighted by atomic mass is 19.1. The standard InChI is InChI=1S/C27H38F2/c1-3-5-7-21-8-10-22(11-9-21)14-17-25-26(28)18-24(19-27(25)29)23-15-12-20(6-4-2)13-16-23/h18-23H,3-13,15-16H2,1-2H3. The van der Waals surface area contributed by atoms with Gasteiger partial charge in [0.05, 0.1) is 5.56 Å². The third-order valence-electron chi connectivity index (χ3n) is 7.29. The maximum absolute atomic E-state index is 14.7. The lowest BCUT2D eigenvalue weighted by atomic mass is 9.77. The van der Waals surface area contributed by atoms with Crippen LogP contribution in [0, 0.1) is 41.2 Å². The summed E-state index contributed by atoms with van der Waals surface area (Å²) in [5.41, 5.74) is 0.804. The summed E-state index contributed by atoms with van der Waals surface area (Å²) in [7, 11) is 0. The Hall–Kier alpha value is -1.36. The summed E-state index contributed by atoms with van der Waals surface area (Å²) in [6, 6.07) is 3.11. The molecular weight excluding hydrogens is 362 g/mol. The van der Waals surface area contributed by atoms with Gasteiger partial charge in [-0.15, -0.1) is 0 Å². The highest BCUT2D eigenvalue weighted by Crippen LogP contribution is 2.38. The molecule has 2 saturated carbocycles. The zero-order chi connectivity index (χ0) is 20.6. The van der Waals surface area contributed by atoms with Crippen LogP contribution in [0.25, 0.3) is 0 Å². The molecule has 0 nitrogen and oxygen atoms in total. The lowest BCUT2D eigenvalue weighted by Crippen LogP contribution is -2.14. The van der Waals surface area contributed by atoms with Crippen LogP contribution >= 0.6 is 0 Å². The van der Waals surface area contributed by atoms with Gasteiger partial charge in [0, 0.05) is 5.92 Å². The van der Waals surface area contributed by atoms with Crippen molar-refractivity contribution in [2.75, 3.05) is 0 Å². The van der Waals surface area contributed by atoms with Crippen molar-refractivity contribution in [1.82, 2.24) is 0 Å². The van der Waals surface area contributed by atoms with E-state index in [0.29, 0.717) is 11.8 Å². The van der Waals surface area contributed by atoms with Crippen LogP contribution in [0.15, 0.2) is 12.1 Å². The number of halogens is 2. The van der Waals surface area contributed by atoms with Gasteiger partial charge < -0.3 is 0 Å². The van der Waals surface area contributed by atoms with E-state index in [-0.39, 0.29) is 5.56 Å². The molecular formula is C27H38F2. The van der Waals surface area contributed by atoms with Crippen molar-refractivity contribution in [3.63, 3.8) is 0 Å². The van der Waals surface area contributed by atoms with E-state index in [2.05, 4.69) is 25.7 Å². The molecule has 0 N–H and O–H groups in total. The van der Waals surface area contributed by atoms with Gasteiger partial charge in [0.1, 0.15) is 11.6 Å². The van der Waals surface area contributed by atoms with Crippen molar-refractivity contribution >= 4 is 0 Å². The Morgan fingerprint density at radius 3 is 1.97 bits per heavy atom. The molecule has 0 aliphatic heterocycles. The molecule has 160 valence electrons. The molecule has 0 radical (unpaired) electrons. The van der Waals surface area contributed by atoms with Crippen molar-refractivity contribution in [1.29, 1.82) is 0 Å². The molecule has 2 heteroatoms. The van der Waals surface area contributed by atoms with Gasteiger partial charge in [-0.05, 0) is 86.8 Å². The van der Waals surface area contributed by atoms with Crippen molar-refractivity contribution in [3.05, 3.63) is 34.9 Å². The van der Waals surface area contributed by atoms with Gasteiger partial charge in [-0.2, -0.15) is 0 Å². The van der Waals surface area contributed by atoms with E-state index in [4.69, 9.17) is 0 Å². The number of benzene rings is 1. The molecule has 0 bridgehead atoms. The monoisotopic (exact) mass is 400 g/mol. The second-order valence-electron chi connectivity index (χ2n) is 9.50. The number of hydrogen-bond donors (Lipinski definition) is 0. The van der Waals surface area contributed by atoms with E-state index in [1.165, 1.54) is 57.8 Å². The van der Waals surface area contributed by atoms with Crippen molar-refractivity contribution in [2.24, 2.45) is 17.8 Å². The molecule has 1 aromatic carbocycles. The second-order valence-corrected chi connectivity index (χ2v) is 9.50. The van der Waals surface area contributed by atoms with Gasteiger partial charge in [-0.1, -0.05) is 57.8 Å². The summed E-state index contributed by atoms with van der Waals surface area (Å²) in [6.07, 6.45) is 15.4. The first-order valence-corrected chi connectivity index (χ1v) is 12.1. The zero-order valence-corrected chi connectivity index (χ0v) is 18.4. The van der Waals surface area contributed by atoms with E-state index < -0.39 is 11.6 Å². The third kappa shape index (κ3) is 6.31. The molecule has 0 unspecified atom stereocenters. The molecule has 0 heterocycles.